The highest BCUT2D eigenvalue weighted by molar-refractivity contribution is 7.89. The molecular formula is C14H24N4O2S. The molecule has 1 aromatic rings. The second-order valence-electron chi connectivity index (χ2n) is 5.32. The van der Waals surface area contributed by atoms with Crippen LogP contribution in [0.15, 0.2) is 6.07 Å². The Morgan fingerprint density at radius 3 is 2.38 bits per heavy atom. The van der Waals surface area contributed by atoms with Crippen molar-refractivity contribution in [3.63, 3.8) is 0 Å². The molecule has 1 fully saturated rings. The highest BCUT2D eigenvalue weighted by atomic mass is 32.2. The third kappa shape index (κ3) is 3.91. The number of hydrogen-bond donors (Lipinski definition) is 0. The zero-order valence-corrected chi connectivity index (χ0v) is 13.9. The van der Waals surface area contributed by atoms with Crippen LogP contribution in [0.2, 0.25) is 0 Å². The highest BCUT2D eigenvalue weighted by Crippen LogP contribution is 2.17. The van der Waals surface area contributed by atoms with E-state index in [0.29, 0.717) is 26.2 Å². The summed E-state index contributed by atoms with van der Waals surface area (Å²) in [7, 11) is -3.08. The second kappa shape index (κ2) is 6.70. The molecule has 0 aliphatic carbocycles. The molecule has 7 heteroatoms. The van der Waals surface area contributed by atoms with Crippen LogP contribution in [0.5, 0.6) is 0 Å². The monoisotopic (exact) mass is 312 g/mol. The van der Waals surface area contributed by atoms with Gasteiger partial charge in [-0.05, 0) is 20.3 Å². The van der Waals surface area contributed by atoms with Gasteiger partial charge in [0.1, 0.15) is 11.6 Å². The van der Waals surface area contributed by atoms with Crippen LogP contribution in [0.1, 0.15) is 31.8 Å². The van der Waals surface area contributed by atoms with Gasteiger partial charge in [0.05, 0.1) is 5.75 Å². The van der Waals surface area contributed by atoms with Crippen molar-refractivity contribution in [3.8, 4) is 0 Å². The van der Waals surface area contributed by atoms with Gasteiger partial charge in [0, 0.05) is 44.4 Å². The van der Waals surface area contributed by atoms with Crippen LogP contribution >= 0.6 is 0 Å². The Balaban J connectivity index is 2.08. The summed E-state index contributed by atoms with van der Waals surface area (Å²) in [6.45, 7) is 8.20. The summed E-state index contributed by atoms with van der Waals surface area (Å²) in [4.78, 5) is 11.2. The molecule has 1 aromatic heterocycles. The summed E-state index contributed by atoms with van der Waals surface area (Å²) in [5.41, 5.74) is 0.965. The van der Waals surface area contributed by atoms with Gasteiger partial charge in [0.25, 0.3) is 0 Å². The number of hydrogen-bond acceptors (Lipinski definition) is 5. The van der Waals surface area contributed by atoms with Crippen molar-refractivity contribution >= 4 is 15.8 Å². The van der Waals surface area contributed by atoms with Crippen LogP contribution < -0.4 is 4.90 Å². The topological polar surface area (TPSA) is 66.4 Å². The van der Waals surface area contributed by atoms with Crippen molar-refractivity contribution < 1.29 is 8.42 Å². The number of rotatable bonds is 5. The van der Waals surface area contributed by atoms with Crippen LogP contribution in [-0.2, 0) is 16.4 Å². The molecule has 21 heavy (non-hydrogen) atoms. The Morgan fingerprint density at radius 2 is 1.81 bits per heavy atom. The lowest BCUT2D eigenvalue weighted by Gasteiger charge is -2.34. The van der Waals surface area contributed by atoms with Gasteiger partial charge in [-0.2, -0.15) is 4.31 Å². The van der Waals surface area contributed by atoms with Crippen molar-refractivity contribution in [2.75, 3.05) is 36.8 Å². The fourth-order valence-electron chi connectivity index (χ4n) is 2.49. The molecule has 0 spiro atoms. The lowest BCUT2D eigenvalue weighted by atomic mass is 10.3. The molecule has 6 nitrogen and oxygen atoms in total. The van der Waals surface area contributed by atoms with Gasteiger partial charge in [0.2, 0.25) is 10.0 Å². The summed E-state index contributed by atoms with van der Waals surface area (Å²) in [5, 5.41) is 0. The molecule has 1 aliphatic rings. The molecule has 0 bridgehead atoms. The third-order valence-electron chi connectivity index (χ3n) is 3.68. The molecule has 0 atom stereocenters. The Hall–Kier alpha value is -1.21. The standard InChI is InChI=1S/C14H24N4O2S/c1-4-6-13-15-12(3)11-14(16-13)17-7-9-18(10-8-17)21(19,20)5-2/h11H,4-10H2,1-3H3. The summed E-state index contributed by atoms with van der Waals surface area (Å²) in [6, 6.07) is 1.98. The SMILES string of the molecule is CCCc1nc(C)cc(N2CCN(S(=O)(=O)CC)CC2)n1. The maximum atomic E-state index is 11.9. The molecule has 0 amide bonds. The minimum atomic E-state index is -3.08. The fraction of sp³-hybridized carbons (Fsp3) is 0.714. The van der Waals surface area contributed by atoms with Crippen molar-refractivity contribution in [1.29, 1.82) is 0 Å². The zero-order valence-electron chi connectivity index (χ0n) is 13.0. The first kappa shape index (κ1) is 16.2. The van der Waals surface area contributed by atoms with Crippen molar-refractivity contribution in [3.05, 3.63) is 17.6 Å². The van der Waals surface area contributed by atoms with E-state index in [1.165, 1.54) is 0 Å². The first-order chi connectivity index (χ1) is 9.96. The third-order valence-corrected chi connectivity index (χ3v) is 5.56. The Bertz CT molecular complexity index is 581. The number of piperazine rings is 1. The molecule has 2 rings (SSSR count). The minimum absolute atomic E-state index is 0.167. The molecule has 1 saturated heterocycles. The molecule has 2 heterocycles. The van der Waals surface area contributed by atoms with Crippen LogP contribution in [-0.4, -0.2) is 54.6 Å². The average Bonchev–Trinajstić information content (AvgIpc) is 2.47. The molecule has 0 saturated carbocycles. The summed E-state index contributed by atoms with van der Waals surface area (Å²) in [5.74, 6) is 1.95. The molecule has 0 N–H and O–H groups in total. The van der Waals surface area contributed by atoms with Gasteiger partial charge in [-0.1, -0.05) is 6.92 Å². The minimum Gasteiger partial charge on any atom is -0.354 e. The summed E-state index contributed by atoms with van der Waals surface area (Å²) >= 11 is 0. The van der Waals surface area contributed by atoms with Gasteiger partial charge >= 0.3 is 0 Å². The van der Waals surface area contributed by atoms with Crippen molar-refractivity contribution in [2.45, 2.75) is 33.6 Å². The number of nitrogens with zero attached hydrogens (tertiary/aromatic N) is 4. The van der Waals surface area contributed by atoms with E-state index in [9.17, 15) is 8.42 Å². The number of anilines is 1. The molecule has 0 aromatic carbocycles. The summed E-state index contributed by atoms with van der Waals surface area (Å²) < 4.78 is 25.3. The van der Waals surface area contributed by atoms with Crippen LogP contribution in [0.3, 0.4) is 0 Å². The Morgan fingerprint density at radius 1 is 1.14 bits per heavy atom. The quantitative estimate of drug-likeness (QED) is 0.817. The normalized spacial score (nSPS) is 17.2. The fourth-order valence-corrected chi connectivity index (χ4v) is 3.57. The number of aryl methyl sites for hydroxylation is 2. The van der Waals surface area contributed by atoms with Crippen LogP contribution in [0, 0.1) is 6.92 Å². The van der Waals surface area contributed by atoms with Crippen LogP contribution in [0.25, 0.3) is 0 Å². The molecule has 118 valence electrons. The van der Waals surface area contributed by atoms with Gasteiger partial charge < -0.3 is 4.90 Å². The summed E-state index contributed by atoms with van der Waals surface area (Å²) in [6.07, 6.45) is 1.89. The van der Waals surface area contributed by atoms with Crippen LogP contribution in [0.4, 0.5) is 5.82 Å². The Labute approximate surface area is 127 Å². The van der Waals surface area contributed by atoms with E-state index >= 15 is 0 Å². The van der Waals surface area contributed by atoms with Gasteiger partial charge in [-0.15, -0.1) is 0 Å². The van der Waals surface area contributed by atoms with Gasteiger partial charge in [0.15, 0.2) is 0 Å². The van der Waals surface area contributed by atoms with E-state index < -0.39 is 10.0 Å². The van der Waals surface area contributed by atoms with E-state index in [4.69, 9.17) is 0 Å². The van der Waals surface area contributed by atoms with Crippen molar-refractivity contribution in [1.82, 2.24) is 14.3 Å². The maximum absolute atomic E-state index is 11.9. The Kier molecular flexibility index (Phi) is 5.16. The van der Waals surface area contributed by atoms with E-state index in [1.807, 2.05) is 13.0 Å². The largest absolute Gasteiger partial charge is 0.354 e. The van der Waals surface area contributed by atoms with E-state index in [-0.39, 0.29) is 5.75 Å². The second-order valence-corrected chi connectivity index (χ2v) is 7.58. The van der Waals surface area contributed by atoms with E-state index in [2.05, 4.69) is 21.8 Å². The first-order valence-corrected chi connectivity index (χ1v) is 9.14. The lowest BCUT2D eigenvalue weighted by molar-refractivity contribution is 0.384. The smallest absolute Gasteiger partial charge is 0.213 e. The molecule has 0 unspecified atom stereocenters. The predicted octanol–water partition coefficient (Wildman–Crippen LogP) is 1.21. The number of aromatic nitrogens is 2. The van der Waals surface area contributed by atoms with E-state index in [0.717, 1.165) is 30.2 Å². The first-order valence-electron chi connectivity index (χ1n) is 7.53. The average molecular weight is 312 g/mol. The van der Waals surface area contributed by atoms with Gasteiger partial charge in [-0.3, -0.25) is 0 Å². The lowest BCUT2D eigenvalue weighted by Crippen LogP contribution is -2.49. The predicted molar refractivity (Wildman–Crippen MR) is 84.0 cm³/mol. The maximum Gasteiger partial charge on any atom is 0.213 e. The highest BCUT2D eigenvalue weighted by Gasteiger charge is 2.26. The van der Waals surface area contributed by atoms with Gasteiger partial charge in [-0.25, -0.2) is 18.4 Å². The zero-order chi connectivity index (χ0) is 15.5. The molecular weight excluding hydrogens is 288 g/mol. The van der Waals surface area contributed by atoms with Crippen molar-refractivity contribution in [2.24, 2.45) is 0 Å². The van der Waals surface area contributed by atoms with E-state index in [1.54, 1.807) is 11.2 Å². The number of sulfonamides is 1. The molecule has 0 radical (unpaired) electrons. The molecule has 1 aliphatic heterocycles.